The predicted octanol–water partition coefficient (Wildman–Crippen LogP) is 2.95. The van der Waals surface area contributed by atoms with Crippen LogP contribution in [0.25, 0.3) is 6.08 Å². The van der Waals surface area contributed by atoms with Gasteiger partial charge in [0.2, 0.25) is 5.91 Å². The van der Waals surface area contributed by atoms with Gasteiger partial charge >= 0.3 is 0 Å². The SMILES string of the molecule is C=C=Cc1cccc(N(C)C(=O)CCC)c1O. The van der Waals surface area contributed by atoms with Crippen LogP contribution in [0.15, 0.2) is 30.5 Å². The van der Waals surface area contributed by atoms with Gasteiger partial charge in [0.15, 0.2) is 0 Å². The van der Waals surface area contributed by atoms with Gasteiger partial charge in [0.1, 0.15) is 5.75 Å². The van der Waals surface area contributed by atoms with E-state index < -0.39 is 0 Å². The van der Waals surface area contributed by atoms with Crippen LogP contribution < -0.4 is 4.90 Å². The molecule has 0 aliphatic carbocycles. The van der Waals surface area contributed by atoms with E-state index in [1.54, 1.807) is 31.3 Å². The molecule has 0 bridgehead atoms. The standard InChI is InChI=1S/C14H17NO2/c1-4-7-11-9-6-10-12(14(11)17)15(3)13(16)8-5-2/h6-7,9-10,17H,1,5,8H2,2-3H3. The fourth-order valence-electron chi connectivity index (χ4n) is 1.56. The number of phenolic OH excluding ortho intramolecular Hbond substituents is 1. The quantitative estimate of drug-likeness (QED) is 0.809. The van der Waals surface area contributed by atoms with Gasteiger partial charge in [0, 0.05) is 19.0 Å². The van der Waals surface area contributed by atoms with E-state index in [-0.39, 0.29) is 11.7 Å². The lowest BCUT2D eigenvalue weighted by Gasteiger charge is -2.19. The number of carbonyl (C=O) groups excluding carboxylic acids is 1. The molecule has 3 heteroatoms. The number of phenols is 1. The summed E-state index contributed by atoms with van der Waals surface area (Å²) in [4.78, 5) is 13.2. The Morgan fingerprint density at radius 2 is 2.29 bits per heavy atom. The summed E-state index contributed by atoms with van der Waals surface area (Å²) < 4.78 is 0. The van der Waals surface area contributed by atoms with Crippen LogP contribution in [0.4, 0.5) is 5.69 Å². The number of rotatable bonds is 4. The number of nitrogens with zero attached hydrogens (tertiary/aromatic N) is 1. The number of aromatic hydroxyl groups is 1. The monoisotopic (exact) mass is 231 g/mol. The highest BCUT2D eigenvalue weighted by Crippen LogP contribution is 2.31. The van der Waals surface area contributed by atoms with E-state index in [0.29, 0.717) is 17.7 Å². The van der Waals surface area contributed by atoms with E-state index in [9.17, 15) is 9.90 Å². The Hall–Kier alpha value is -1.99. The number of hydrogen-bond donors (Lipinski definition) is 1. The number of amides is 1. The average molecular weight is 231 g/mol. The second-order valence-corrected chi connectivity index (χ2v) is 3.77. The molecular formula is C14H17NO2. The van der Waals surface area contributed by atoms with Crippen LogP contribution in [0.5, 0.6) is 5.75 Å². The summed E-state index contributed by atoms with van der Waals surface area (Å²) in [7, 11) is 1.66. The predicted molar refractivity (Wildman–Crippen MR) is 70.0 cm³/mol. The smallest absolute Gasteiger partial charge is 0.226 e. The van der Waals surface area contributed by atoms with E-state index in [2.05, 4.69) is 12.3 Å². The molecule has 0 saturated heterocycles. The Bertz CT molecular complexity index is 459. The highest BCUT2D eigenvalue weighted by molar-refractivity contribution is 5.94. The molecule has 0 fully saturated rings. The zero-order valence-corrected chi connectivity index (χ0v) is 10.2. The summed E-state index contributed by atoms with van der Waals surface area (Å²) >= 11 is 0. The molecule has 0 radical (unpaired) electrons. The van der Waals surface area contributed by atoms with Crippen molar-refractivity contribution in [3.05, 3.63) is 36.1 Å². The van der Waals surface area contributed by atoms with Gasteiger partial charge in [-0.25, -0.2) is 0 Å². The number of carbonyl (C=O) groups is 1. The first-order valence-corrected chi connectivity index (χ1v) is 5.56. The van der Waals surface area contributed by atoms with Crippen LogP contribution in [-0.2, 0) is 4.79 Å². The molecule has 0 saturated carbocycles. The molecule has 17 heavy (non-hydrogen) atoms. The van der Waals surface area contributed by atoms with Gasteiger partial charge in [0.05, 0.1) is 5.69 Å². The van der Waals surface area contributed by atoms with Crippen LogP contribution >= 0.6 is 0 Å². The molecule has 0 unspecified atom stereocenters. The Labute approximate surface area is 102 Å². The minimum Gasteiger partial charge on any atom is -0.505 e. The fraction of sp³-hybridized carbons (Fsp3) is 0.286. The summed E-state index contributed by atoms with van der Waals surface area (Å²) in [6, 6.07) is 5.24. The molecule has 0 heterocycles. The van der Waals surface area contributed by atoms with E-state index >= 15 is 0 Å². The molecule has 1 aromatic rings. The van der Waals surface area contributed by atoms with Crippen LogP contribution in [0.2, 0.25) is 0 Å². The third-order valence-electron chi connectivity index (χ3n) is 2.50. The molecule has 0 atom stereocenters. The molecule has 0 aliphatic rings. The van der Waals surface area contributed by atoms with Crippen molar-refractivity contribution in [3.63, 3.8) is 0 Å². The summed E-state index contributed by atoms with van der Waals surface area (Å²) in [6.45, 7) is 5.41. The Kier molecular flexibility index (Phi) is 4.56. The first-order chi connectivity index (χ1) is 8.11. The first kappa shape index (κ1) is 13.1. The van der Waals surface area contributed by atoms with Crippen molar-refractivity contribution < 1.29 is 9.90 Å². The largest absolute Gasteiger partial charge is 0.505 e. The maximum Gasteiger partial charge on any atom is 0.226 e. The maximum atomic E-state index is 11.7. The molecule has 3 nitrogen and oxygen atoms in total. The lowest BCUT2D eigenvalue weighted by atomic mass is 10.1. The Morgan fingerprint density at radius 3 is 2.88 bits per heavy atom. The zero-order valence-electron chi connectivity index (χ0n) is 10.2. The number of benzene rings is 1. The third-order valence-corrected chi connectivity index (χ3v) is 2.50. The van der Waals surface area contributed by atoms with Crippen molar-refractivity contribution >= 4 is 17.7 Å². The zero-order chi connectivity index (χ0) is 12.8. The van der Waals surface area contributed by atoms with Gasteiger partial charge in [-0.15, -0.1) is 5.73 Å². The second kappa shape index (κ2) is 5.92. The van der Waals surface area contributed by atoms with E-state index in [4.69, 9.17) is 0 Å². The van der Waals surface area contributed by atoms with E-state index in [0.717, 1.165) is 6.42 Å². The minimum atomic E-state index is -0.0115. The molecule has 0 spiro atoms. The minimum absolute atomic E-state index is 0.0115. The van der Waals surface area contributed by atoms with Crippen molar-refractivity contribution in [1.82, 2.24) is 0 Å². The van der Waals surface area contributed by atoms with E-state index in [1.165, 1.54) is 4.90 Å². The topological polar surface area (TPSA) is 40.5 Å². The molecule has 0 aromatic heterocycles. The summed E-state index contributed by atoms with van der Waals surface area (Å²) in [6.07, 6.45) is 2.84. The normalized spacial score (nSPS) is 9.53. The van der Waals surface area contributed by atoms with Crippen LogP contribution in [0.1, 0.15) is 25.3 Å². The Balaban J connectivity index is 3.10. The highest BCUT2D eigenvalue weighted by Gasteiger charge is 2.14. The van der Waals surface area contributed by atoms with Gasteiger partial charge in [-0.1, -0.05) is 25.6 Å². The number of anilines is 1. The maximum absolute atomic E-state index is 11.7. The van der Waals surface area contributed by atoms with Crippen LogP contribution in [-0.4, -0.2) is 18.1 Å². The summed E-state index contributed by atoms with van der Waals surface area (Å²) in [5.41, 5.74) is 3.72. The molecular weight excluding hydrogens is 214 g/mol. The van der Waals surface area contributed by atoms with E-state index in [1.807, 2.05) is 6.92 Å². The van der Waals surface area contributed by atoms with Gasteiger partial charge in [0.25, 0.3) is 0 Å². The summed E-state index contributed by atoms with van der Waals surface area (Å²) in [5, 5.41) is 10.0. The number of hydrogen-bond acceptors (Lipinski definition) is 2. The molecule has 0 aliphatic heterocycles. The summed E-state index contributed by atoms with van der Waals surface area (Å²) in [5.74, 6) is 0.0677. The first-order valence-electron chi connectivity index (χ1n) is 5.56. The molecule has 1 rings (SSSR count). The Morgan fingerprint density at radius 1 is 1.59 bits per heavy atom. The lowest BCUT2D eigenvalue weighted by molar-refractivity contribution is -0.118. The molecule has 1 aromatic carbocycles. The van der Waals surface area contributed by atoms with Crippen molar-refractivity contribution in [2.45, 2.75) is 19.8 Å². The van der Waals surface area contributed by atoms with Gasteiger partial charge in [-0.3, -0.25) is 4.79 Å². The second-order valence-electron chi connectivity index (χ2n) is 3.77. The van der Waals surface area contributed by atoms with Crippen LogP contribution in [0, 0.1) is 0 Å². The van der Waals surface area contributed by atoms with Gasteiger partial charge in [-0.2, -0.15) is 0 Å². The molecule has 1 N–H and O–H groups in total. The fourth-order valence-corrected chi connectivity index (χ4v) is 1.56. The average Bonchev–Trinajstić information content (AvgIpc) is 2.31. The van der Waals surface area contributed by atoms with Crippen molar-refractivity contribution in [1.29, 1.82) is 0 Å². The lowest BCUT2D eigenvalue weighted by Crippen LogP contribution is -2.25. The third kappa shape index (κ3) is 2.99. The molecule has 90 valence electrons. The van der Waals surface area contributed by atoms with Crippen LogP contribution in [0.3, 0.4) is 0 Å². The van der Waals surface area contributed by atoms with Gasteiger partial charge < -0.3 is 10.0 Å². The molecule has 1 amide bonds. The van der Waals surface area contributed by atoms with Crippen molar-refractivity contribution in [3.8, 4) is 5.75 Å². The van der Waals surface area contributed by atoms with Crippen molar-refractivity contribution in [2.75, 3.05) is 11.9 Å². The van der Waals surface area contributed by atoms with Gasteiger partial charge in [-0.05, 0) is 18.6 Å². The highest BCUT2D eigenvalue weighted by atomic mass is 16.3. The van der Waals surface area contributed by atoms with Crippen molar-refractivity contribution in [2.24, 2.45) is 0 Å². The number of para-hydroxylation sites is 1.